The number of rotatable bonds is 4. The number of hydrogen-bond acceptors (Lipinski definition) is 3. The molecule has 0 aliphatic carbocycles. The molecule has 0 bridgehead atoms. The van der Waals surface area contributed by atoms with Gasteiger partial charge in [-0.2, -0.15) is 5.10 Å². The van der Waals surface area contributed by atoms with Gasteiger partial charge in [0.2, 0.25) is 0 Å². The van der Waals surface area contributed by atoms with Crippen LogP contribution in [0.4, 0.5) is 0 Å². The maximum absolute atomic E-state index is 5.76. The smallest absolute Gasteiger partial charge is 0.164 e. The van der Waals surface area contributed by atoms with E-state index in [2.05, 4.69) is 57.9 Å². The standard InChI is InChI=1S/C11H10Br3N3O/c1-17-10(15-6-16-17)5-18-11-8(13)2-7(4-12)3-9(11)14/h2-3,6H,4-5H2,1H3. The van der Waals surface area contributed by atoms with Gasteiger partial charge in [-0.15, -0.1) is 0 Å². The van der Waals surface area contributed by atoms with Crippen molar-refractivity contribution in [3.63, 3.8) is 0 Å². The van der Waals surface area contributed by atoms with Gasteiger partial charge in [-0.25, -0.2) is 4.98 Å². The van der Waals surface area contributed by atoms with Crippen LogP contribution in [0.1, 0.15) is 11.4 Å². The average Bonchev–Trinajstić information content (AvgIpc) is 2.73. The molecular weight excluding hydrogens is 430 g/mol. The van der Waals surface area contributed by atoms with Gasteiger partial charge in [0.1, 0.15) is 18.7 Å². The fraction of sp³-hybridized carbons (Fsp3) is 0.273. The zero-order valence-electron chi connectivity index (χ0n) is 9.53. The third-order valence-corrected chi connectivity index (χ3v) is 4.19. The van der Waals surface area contributed by atoms with E-state index in [1.807, 2.05) is 19.2 Å². The zero-order valence-corrected chi connectivity index (χ0v) is 14.3. The van der Waals surface area contributed by atoms with Crippen LogP contribution in [0.3, 0.4) is 0 Å². The molecule has 0 saturated heterocycles. The maximum Gasteiger partial charge on any atom is 0.164 e. The first-order valence-corrected chi connectivity index (χ1v) is 7.82. The van der Waals surface area contributed by atoms with E-state index in [0.29, 0.717) is 6.61 Å². The second kappa shape index (κ2) is 6.16. The highest BCUT2D eigenvalue weighted by atomic mass is 79.9. The Morgan fingerprint density at radius 1 is 1.28 bits per heavy atom. The van der Waals surface area contributed by atoms with Crippen molar-refractivity contribution in [3.8, 4) is 5.75 Å². The van der Waals surface area contributed by atoms with Crippen LogP contribution in [-0.2, 0) is 19.0 Å². The van der Waals surface area contributed by atoms with E-state index in [0.717, 1.165) is 25.8 Å². The van der Waals surface area contributed by atoms with Gasteiger partial charge in [-0.3, -0.25) is 4.68 Å². The maximum atomic E-state index is 5.76. The lowest BCUT2D eigenvalue weighted by atomic mass is 10.2. The second-order valence-electron chi connectivity index (χ2n) is 3.61. The summed E-state index contributed by atoms with van der Waals surface area (Å²) < 4.78 is 9.27. The summed E-state index contributed by atoms with van der Waals surface area (Å²) in [5.74, 6) is 1.54. The first-order chi connectivity index (χ1) is 8.61. The molecular formula is C11H10Br3N3O. The van der Waals surface area contributed by atoms with Crippen molar-refractivity contribution in [2.24, 2.45) is 7.05 Å². The van der Waals surface area contributed by atoms with Crippen LogP contribution < -0.4 is 4.74 Å². The van der Waals surface area contributed by atoms with Crippen LogP contribution in [0.5, 0.6) is 5.75 Å². The third-order valence-electron chi connectivity index (χ3n) is 2.36. The Balaban J connectivity index is 2.17. The van der Waals surface area contributed by atoms with Crippen molar-refractivity contribution in [1.82, 2.24) is 14.8 Å². The minimum absolute atomic E-state index is 0.376. The third kappa shape index (κ3) is 3.13. The number of alkyl halides is 1. The number of hydrogen-bond donors (Lipinski definition) is 0. The minimum atomic E-state index is 0.376. The van der Waals surface area contributed by atoms with Gasteiger partial charge in [-0.1, -0.05) is 15.9 Å². The summed E-state index contributed by atoms with van der Waals surface area (Å²) in [6, 6.07) is 4.04. The Kier molecular flexibility index (Phi) is 4.80. The van der Waals surface area contributed by atoms with Gasteiger partial charge in [0.25, 0.3) is 0 Å². The minimum Gasteiger partial charge on any atom is -0.483 e. The van der Waals surface area contributed by atoms with Gasteiger partial charge in [0, 0.05) is 12.4 Å². The predicted octanol–water partition coefficient (Wildman–Crippen LogP) is 3.81. The quantitative estimate of drug-likeness (QED) is 0.680. The lowest BCUT2D eigenvalue weighted by molar-refractivity contribution is 0.286. The van der Waals surface area contributed by atoms with Crippen molar-refractivity contribution in [1.29, 1.82) is 0 Å². The topological polar surface area (TPSA) is 39.9 Å². The van der Waals surface area contributed by atoms with E-state index in [1.54, 1.807) is 4.68 Å². The van der Waals surface area contributed by atoms with Gasteiger partial charge < -0.3 is 4.74 Å². The fourth-order valence-electron chi connectivity index (χ4n) is 1.41. The summed E-state index contributed by atoms with van der Waals surface area (Å²) in [6.45, 7) is 0.376. The van der Waals surface area contributed by atoms with Gasteiger partial charge >= 0.3 is 0 Å². The zero-order chi connectivity index (χ0) is 13.1. The van der Waals surface area contributed by atoms with Gasteiger partial charge in [0.05, 0.1) is 8.95 Å². The van der Waals surface area contributed by atoms with E-state index in [1.165, 1.54) is 11.9 Å². The van der Waals surface area contributed by atoms with Crippen LogP contribution in [0, 0.1) is 0 Å². The molecule has 0 saturated carbocycles. The van der Waals surface area contributed by atoms with E-state index in [4.69, 9.17) is 4.74 Å². The highest BCUT2D eigenvalue weighted by Crippen LogP contribution is 2.35. The molecule has 0 spiro atoms. The molecule has 7 heteroatoms. The molecule has 0 aliphatic rings. The van der Waals surface area contributed by atoms with Crippen molar-refractivity contribution in [2.75, 3.05) is 0 Å². The summed E-state index contributed by atoms with van der Waals surface area (Å²) in [7, 11) is 1.84. The monoisotopic (exact) mass is 437 g/mol. The Morgan fingerprint density at radius 3 is 2.44 bits per heavy atom. The lowest BCUT2D eigenvalue weighted by Gasteiger charge is -2.11. The summed E-state index contributed by atoms with van der Waals surface area (Å²) in [5.41, 5.74) is 1.17. The van der Waals surface area contributed by atoms with E-state index in [9.17, 15) is 0 Å². The summed E-state index contributed by atoms with van der Waals surface area (Å²) in [6.07, 6.45) is 1.51. The van der Waals surface area contributed by atoms with Crippen LogP contribution in [0.25, 0.3) is 0 Å². The molecule has 0 atom stereocenters. The first-order valence-electron chi connectivity index (χ1n) is 5.11. The number of aryl methyl sites for hydroxylation is 1. The molecule has 2 rings (SSSR count). The number of ether oxygens (including phenoxy) is 1. The summed E-state index contributed by atoms with van der Waals surface area (Å²) in [4.78, 5) is 4.11. The van der Waals surface area contributed by atoms with Crippen LogP contribution in [0.2, 0.25) is 0 Å². The van der Waals surface area contributed by atoms with Crippen LogP contribution >= 0.6 is 47.8 Å². The molecule has 4 nitrogen and oxygen atoms in total. The predicted molar refractivity (Wildman–Crippen MR) is 79.8 cm³/mol. The number of halogens is 3. The van der Waals surface area contributed by atoms with Crippen LogP contribution in [0.15, 0.2) is 27.4 Å². The molecule has 0 radical (unpaired) electrons. The highest BCUT2D eigenvalue weighted by Gasteiger charge is 2.10. The summed E-state index contributed by atoms with van der Waals surface area (Å²) >= 11 is 10.4. The molecule has 1 heterocycles. The number of benzene rings is 1. The molecule has 1 aromatic heterocycles. The normalized spacial score (nSPS) is 10.7. The van der Waals surface area contributed by atoms with Crippen molar-refractivity contribution < 1.29 is 4.74 Å². The SMILES string of the molecule is Cn1ncnc1COc1c(Br)cc(CBr)cc1Br. The molecule has 96 valence electrons. The summed E-state index contributed by atoms with van der Waals surface area (Å²) in [5, 5.41) is 4.80. The first kappa shape index (κ1) is 14.0. The Hall–Kier alpha value is -0.400. The van der Waals surface area contributed by atoms with Gasteiger partial charge in [0.15, 0.2) is 5.82 Å². The molecule has 1 aromatic carbocycles. The van der Waals surface area contributed by atoms with Crippen molar-refractivity contribution in [2.45, 2.75) is 11.9 Å². The number of nitrogens with zero attached hydrogens (tertiary/aromatic N) is 3. The average molecular weight is 440 g/mol. The Bertz CT molecular complexity index is 533. The Labute approximate surface area is 130 Å². The van der Waals surface area contributed by atoms with E-state index >= 15 is 0 Å². The largest absolute Gasteiger partial charge is 0.483 e. The van der Waals surface area contributed by atoms with Gasteiger partial charge in [-0.05, 0) is 49.6 Å². The second-order valence-corrected chi connectivity index (χ2v) is 5.88. The lowest BCUT2D eigenvalue weighted by Crippen LogP contribution is -2.05. The number of aromatic nitrogens is 3. The molecule has 0 unspecified atom stereocenters. The van der Waals surface area contributed by atoms with Crippen molar-refractivity contribution >= 4 is 47.8 Å². The molecule has 0 aliphatic heterocycles. The molecule has 0 amide bonds. The van der Waals surface area contributed by atoms with E-state index < -0.39 is 0 Å². The highest BCUT2D eigenvalue weighted by molar-refractivity contribution is 9.11. The van der Waals surface area contributed by atoms with Crippen molar-refractivity contribution in [3.05, 3.63) is 38.8 Å². The fourth-order valence-corrected chi connectivity index (χ4v) is 3.25. The molecule has 18 heavy (non-hydrogen) atoms. The Morgan fingerprint density at radius 2 is 1.94 bits per heavy atom. The molecule has 2 aromatic rings. The van der Waals surface area contributed by atoms with Crippen LogP contribution in [-0.4, -0.2) is 14.8 Å². The molecule has 0 fully saturated rings. The van der Waals surface area contributed by atoms with E-state index in [-0.39, 0.29) is 0 Å². The molecule has 0 N–H and O–H groups in total.